The molecule has 2 aromatic rings. The first-order valence-electron chi connectivity index (χ1n) is 5.00. The second kappa shape index (κ2) is 5.56. The molecule has 0 unspecified atom stereocenters. The molecule has 2 heterocycles. The van der Waals surface area contributed by atoms with E-state index in [0.717, 1.165) is 4.88 Å². The number of amides is 1. The first kappa shape index (κ1) is 13.1. The third-order valence-corrected chi connectivity index (χ3v) is 3.55. The Labute approximate surface area is 118 Å². The van der Waals surface area contributed by atoms with Crippen LogP contribution in [-0.4, -0.2) is 10.9 Å². The fourth-order valence-corrected chi connectivity index (χ4v) is 2.61. The molecule has 0 spiro atoms. The normalized spacial score (nSPS) is 10.3. The average Bonchev–Trinajstić information content (AvgIpc) is 2.70. The van der Waals surface area contributed by atoms with E-state index in [2.05, 4.69) is 10.3 Å². The van der Waals surface area contributed by atoms with Crippen LogP contribution in [0, 0.1) is 0 Å². The van der Waals surface area contributed by atoms with Crippen molar-refractivity contribution < 1.29 is 4.79 Å². The Kier molecular flexibility index (Phi) is 4.06. The number of halogens is 2. The summed E-state index contributed by atoms with van der Waals surface area (Å²) in [6.45, 7) is 0.413. The molecule has 3 N–H and O–H groups in total. The largest absolute Gasteiger partial charge is 0.384 e. The van der Waals surface area contributed by atoms with Crippen LogP contribution in [0.2, 0.25) is 9.49 Å². The van der Waals surface area contributed by atoms with Crippen LogP contribution in [0.3, 0.4) is 0 Å². The minimum atomic E-state index is -0.254. The van der Waals surface area contributed by atoms with E-state index in [0.29, 0.717) is 16.4 Å². The molecule has 0 bridgehead atoms. The molecule has 94 valence electrons. The molecule has 0 saturated heterocycles. The van der Waals surface area contributed by atoms with Gasteiger partial charge in [-0.3, -0.25) is 4.79 Å². The number of hydrogen-bond donors (Lipinski definition) is 2. The van der Waals surface area contributed by atoms with Crippen molar-refractivity contribution in [3.8, 4) is 0 Å². The van der Waals surface area contributed by atoms with Crippen LogP contribution >= 0.6 is 34.5 Å². The van der Waals surface area contributed by atoms with Gasteiger partial charge in [-0.05, 0) is 24.3 Å². The molecule has 0 atom stereocenters. The van der Waals surface area contributed by atoms with Gasteiger partial charge in [-0.15, -0.1) is 11.3 Å². The number of nitrogens with zero attached hydrogens (tertiary/aromatic N) is 1. The van der Waals surface area contributed by atoms with Gasteiger partial charge in [-0.25, -0.2) is 4.98 Å². The van der Waals surface area contributed by atoms with Crippen molar-refractivity contribution in [2.24, 2.45) is 0 Å². The van der Waals surface area contributed by atoms with E-state index in [4.69, 9.17) is 28.9 Å². The van der Waals surface area contributed by atoms with Gasteiger partial charge >= 0.3 is 0 Å². The second-order valence-electron chi connectivity index (χ2n) is 3.49. The molecule has 0 radical (unpaired) electrons. The lowest BCUT2D eigenvalue weighted by atomic mass is 10.2. The van der Waals surface area contributed by atoms with Crippen LogP contribution in [0.5, 0.6) is 0 Å². The number of anilines is 1. The summed E-state index contributed by atoms with van der Waals surface area (Å²) in [5, 5.41) is 2.95. The van der Waals surface area contributed by atoms with E-state index in [1.54, 1.807) is 6.07 Å². The van der Waals surface area contributed by atoms with Crippen LogP contribution < -0.4 is 11.1 Å². The fraction of sp³-hybridized carbons (Fsp3) is 0.0909. The molecule has 0 aromatic carbocycles. The first-order valence-corrected chi connectivity index (χ1v) is 6.57. The Morgan fingerprint density at radius 1 is 1.39 bits per heavy atom. The maximum atomic E-state index is 11.8. The lowest BCUT2D eigenvalue weighted by molar-refractivity contribution is 0.0951. The molecule has 0 aliphatic heterocycles. The molecule has 0 saturated carbocycles. The summed E-state index contributed by atoms with van der Waals surface area (Å²) in [7, 11) is 0. The van der Waals surface area contributed by atoms with Gasteiger partial charge in [-0.1, -0.05) is 23.2 Å². The van der Waals surface area contributed by atoms with Crippen LogP contribution in [0.4, 0.5) is 5.82 Å². The van der Waals surface area contributed by atoms with Crippen LogP contribution in [0.15, 0.2) is 24.3 Å². The van der Waals surface area contributed by atoms with Gasteiger partial charge in [0.2, 0.25) is 0 Å². The van der Waals surface area contributed by atoms with Crippen molar-refractivity contribution in [3.63, 3.8) is 0 Å². The third-order valence-electron chi connectivity index (χ3n) is 2.13. The summed E-state index contributed by atoms with van der Waals surface area (Å²) in [6.07, 6.45) is 0. The monoisotopic (exact) mass is 301 g/mol. The Morgan fingerprint density at radius 2 is 2.17 bits per heavy atom. The summed E-state index contributed by atoms with van der Waals surface area (Å²) < 4.78 is 0.690. The van der Waals surface area contributed by atoms with Crippen LogP contribution in [-0.2, 0) is 6.54 Å². The lowest BCUT2D eigenvalue weighted by Gasteiger charge is -2.04. The SMILES string of the molecule is Nc1cc(C(=O)NCc2ccc(Cl)s2)cc(Cl)n1. The van der Waals surface area contributed by atoms with Crippen molar-refractivity contribution in [2.45, 2.75) is 6.54 Å². The fourth-order valence-electron chi connectivity index (χ4n) is 1.36. The van der Waals surface area contributed by atoms with Gasteiger partial charge in [0.05, 0.1) is 10.9 Å². The molecule has 0 aliphatic carbocycles. The van der Waals surface area contributed by atoms with E-state index in [9.17, 15) is 4.79 Å². The van der Waals surface area contributed by atoms with Crippen molar-refractivity contribution in [1.82, 2.24) is 10.3 Å². The zero-order valence-corrected chi connectivity index (χ0v) is 11.4. The number of nitrogen functional groups attached to an aromatic ring is 1. The number of hydrogen-bond acceptors (Lipinski definition) is 4. The van der Waals surface area contributed by atoms with Crippen molar-refractivity contribution in [3.05, 3.63) is 44.2 Å². The van der Waals surface area contributed by atoms with Crippen molar-refractivity contribution in [1.29, 1.82) is 0 Å². The summed E-state index contributed by atoms with van der Waals surface area (Å²) in [6, 6.07) is 6.59. The summed E-state index contributed by atoms with van der Waals surface area (Å²) >= 11 is 12.9. The topological polar surface area (TPSA) is 68.0 Å². The van der Waals surface area contributed by atoms with E-state index in [1.165, 1.54) is 23.5 Å². The molecular formula is C11H9Cl2N3OS. The van der Waals surface area contributed by atoms with Gasteiger partial charge < -0.3 is 11.1 Å². The lowest BCUT2D eigenvalue weighted by Crippen LogP contribution is -2.22. The van der Waals surface area contributed by atoms with Gasteiger partial charge in [0.25, 0.3) is 5.91 Å². The highest BCUT2D eigenvalue weighted by Gasteiger charge is 2.08. The highest BCUT2D eigenvalue weighted by Crippen LogP contribution is 2.21. The maximum Gasteiger partial charge on any atom is 0.251 e. The Balaban J connectivity index is 2.03. The zero-order valence-electron chi connectivity index (χ0n) is 9.11. The standard InChI is InChI=1S/C11H9Cl2N3OS/c12-8-3-6(4-10(14)16-8)11(17)15-5-7-1-2-9(13)18-7/h1-4H,5H2,(H2,14,16)(H,15,17). The van der Waals surface area contributed by atoms with Crippen molar-refractivity contribution >= 4 is 46.3 Å². The molecule has 2 rings (SSSR count). The molecule has 0 fully saturated rings. The van der Waals surface area contributed by atoms with E-state index >= 15 is 0 Å². The minimum absolute atomic E-state index is 0.194. The summed E-state index contributed by atoms with van der Waals surface area (Å²) in [5.74, 6) is -0.0395. The Bertz CT molecular complexity index is 565. The number of pyridine rings is 1. The van der Waals surface area contributed by atoms with Crippen LogP contribution in [0.1, 0.15) is 15.2 Å². The second-order valence-corrected chi connectivity index (χ2v) is 5.68. The number of rotatable bonds is 3. The number of thiophene rings is 1. The average molecular weight is 302 g/mol. The third kappa shape index (κ3) is 3.35. The molecular weight excluding hydrogens is 293 g/mol. The Morgan fingerprint density at radius 3 is 2.78 bits per heavy atom. The van der Waals surface area contributed by atoms with Gasteiger partial charge in [0.1, 0.15) is 11.0 Å². The number of nitrogens with one attached hydrogen (secondary N) is 1. The molecule has 4 nitrogen and oxygen atoms in total. The van der Waals surface area contributed by atoms with Gasteiger partial charge in [0.15, 0.2) is 0 Å². The minimum Gasteiger partial charge on any atom is -0.384 e. The summed E-state index contributed by atoms with van der Waals surface area (Å²) in [5.41, 5.74) is 5.90. The predicted octanol–water partition coefficient (Wildman–Crippen LogP) is 2.96. The molecule has 0 aliphatic rings. The van der Waals surface area contributed by atoms with Crippen molar-refractivity contribution in [2.75, 3.05) is 5.73 Å². The highest BCUT2D eigenvalue weighted by atomic mass is 35.5. The number of nitrogens with two attached hydrogens (primary N) is 1. The molecule has 1 amide bonds. The molecule has 18 heavy (non-hydrogen) atoms. The number of aromatic nitrogens is 1. The van der Waals surface area contributed by atoms with E-state index in [1.807, 2.05) is 6.07 Å². The first-order chi connectivity index (χ1) is 8.54. The smallest absolute Gasteiger partial charge is 0.251 e. The summed E-state index contributed by atoms with van der Waals surface area (Å²) in [4.78, 5) is 16.6. The Hall–Kier alpha value is -1.30. The van der Waals surface area contributed by atoms with E-state index < -0.39 is 0 Å². The van der Waals surface area contributed by atoms with E-state index in [-0.39, 0.29) is 16.9 Å². The predicted molar refractivity (Wildman–Crippen MR) is 74.2 cm³/mol. The number of carbonyl (C=O) groups excluding carboxylic acids is 1. The van der Waals surface area contributed by atoms with Gasteiger partial charge in [0, 0.05) is 10.4 Å². The van der Waals surface area contributed by atoms with Crippen LogP contribution in [0.25, 0.3) is 0 Å². The molecule has 2 aromatic heterocycles. The molecule has 7 heteroatoms. The highest BCUT2D eigenvalue weighted by molar-refractivity contribution is 7.16. The number of carbonyl (C=O) groups is 1. The quantitative estimate of drug-likeness (QED) is 0.857. The zero-order chi connectivity index (χ0) is 13.1. The van der Waals surface area contributed by atoms with Gasteiger partial charge in [-0.2, -0.15) is 0 Å². The maximum absolute atomic E-state index is 11.8.